The molecule has 0 radical (unpaired) electrons. The average molecular weight is 255 g/mol. The highest BCUT2D eigenvalue weighted by Gasteiger charge is 2.13. The Kier molecular flexibility index (Phi) is 3.74. The average Bonchev–Trinajstić information content (AvgIpc) is 2.37. The SMILES string of the molecule is CC(C)(C)c1ccc(NCc2ccc(N)cc2)nc1. The molecule has 3 nitrogen and oxygen atoms in total. The molecule has 0 aliphatic rings. The van der Waals surface area contributed by atoms with E-state index in [2.05, 4.69) is 37.1 Å². The van der Waals surface area contributed by atoms with Crippen LogP contribution in [0.1, 0.15) is 31.9 Å². The smallest absolute Gasteiger partial charge is 0.126 e. The first kappa shape index (κ1) is 13.4. The third kappa shape index (κ3) is 3.71. The van der Waals surface area contributed by atoms with Crippen molar-refractivity contribution in [1.82, 2.24) is 4.98 Å². The number of rotatable bonds is 3. The van der Waals surface area contributed by atoms with E-state index in [1.54, 1.807) is 0 Å². The molecule has 0 atom stereocenters. The summed E-state index contributed by atoms with van der Waals surface area (Å²) in [5.74, 6) is 0.893. The maximum Gasteiger partial charge on any atom is 0.126 e. The molecular formula is C16H21N3. The van der Waals surface area contributed by atoms with Crippen LogP contribution in [0.4, 0.5) is 11.5 Å². The van der Waals surface area contributed by atoms with Crippen molar-refractivity contribution in [3.05, 3.63) is 53.7 Å². The summed E-state index contributed by atoms with van der Waals surface area (Å²) in [6.07, 6.45) is 1.94. The lowest BCUT2D eigenvalue weighted by molar-refractivity contribution is 0.587. The van der Waals surface area contributed by atoms with E-state index in [0.29, 0.717) is 0 Å². The van der Waals surface area contributed by atoms with E-state index in [9.17, 15) is 0 Å². The van der Waals surface area contributed by atoms with Crippen molar-refractivity contribution in [3.63, 3.8) is 0 Å². The minimum atomic E-state index is 0.141. The first-order valence-corrected chi connectivity index (χ1v) is 6.50. The van der Waals surface area contributed by atoms with E-state index in [1.165, 1.54) is 11.1 Å². The van der Waals surface area contributed by atoms with Crippen molar-refractivity contribution in [2.24, 2.45) is 0 Å². The minimum absolute atomic E-state index is 0.141. The van der Waals surface area contributed by atoms with E-state index >= 15 is 0 Å². The molecule has 0 saturated heterocycles. The van der Waals surface area contributed by atoms with Gasteiger partial charge in [0.05, 0.1) is 0 Å². The fourth-order valence-electron chi connectivity index (χ4n) is 1.77. The Morgan fingerprint density at radius 3 is 2.26 bits per heavy atom. The summed E-state index contributed by atoms with van der Waals surface area (Å²) in [4.78, 5) is 4.44. The summed E-state index contributed by atoms with van der Waals surface area (Å²) in [7, 11) is 0. The van der Waals surface area contributed by atoms with Gasteiger partial charge in [-0.1, -0.05) is 39.0 Å². The number of aromatic nitrogens is 1. The van der Waals surface area contributed by atoms with Crippen LogP contribution in [-0.2, 0) is 12.0 Å². The molecule has 2 rings (SSSR count). The van der Waals surface area contributed by atoms with Gasteiger partial charge in [-0.05, 0) is 34.7 Å². The van der Waals surface area contributed by atoms with Crippen LogP contribution in [0.2, 0.25) is 0 Å². The van der Waals surface area contributed by atoms with Crippen molar-refractivity contribution in [3.8, 4) is 0 Å². The molecule has 0 saturated carbocycles. The molecule has 1 aromatic carbocycles. The summed E-state index contributed by atoms with van der Waals surface area (Å²) >= 11 is 0. The van der Waals surface area contributed by atoms with Gasteiger partial charge in [0.2, 0.25) is 0 Å². The summed E-state index contributed by atoms with van der Waals surface area (Å²) in [5, 5.41) is 3.31. The normalized spacial score (nSPS) is 11.3. The highest BCUT2D eigenvalue weighted by Crippen LogP contribution is 2.22. The molecule has 2 aromatic rings. The fraction of sp³-hybridized carbons (Fsp3) is 0.312. The number of hydrogen-bond donors (Lipinski definition) is 2. The van der Waals surface area contributed by atoms with Crippen LogP contribution in [-0.4, -0.2) is 4.98 Å². The number of pyridine rings is 1. The zero-order chi connectivity index (χ0) is 13.9. The van der Waals surface area contributed by atoms with Crippen LogP contribution >= 0.6 is 0 Å². The van der Waals surface area contributed by atoms with Gasteiger partial charge in [0.15, 0.2) is 0 Å². The van der Waals surface area contributed by atoms with Crippen molar-refractivity contribution in [1.29, 1.82) is 0 Å². The van der Waals surface area contributed by atoms with Gasteiger partial charge >= 0.3 is 0 Å². The van der Waals surface area contributed by atoms with Crippen LogP contribution in [0.15, 0.2) is 42.6 Å². The number of nitrogens with one attached hydrogen (secondary N) is 1. The van der Waals surface area contributed by atoms with E-state index < -0.39 is 0 Å². The Bertz CT molecular complexity index is 521. The molecule has 3 heteroatoms. The number of nitrogens with two attached hydrogens (primary N) is 1. The Hall–Kier alpha value is -2.03. The molecule has 1 heterocycles. The number of benzene rings is 1. The lowest BCUT2D eigenvalue weighted by atomic mass is 9.88. The first-order valence-electron chi connectivity index (χ1n) is 6.50. The van der Waals surface area contributed by atoms with Crippen LogP contribution in [0.5, 0.6) is 0 Å². The fourth-order valence-corrected chi connectivity index (χ4v) is 1.77. The molecule has 0 aliphatic heterocycles. The van der Waals surface area contributed by atoms with Crippen LogP contribution < -0.4 is 11.1 Å². The van der Waals surface area contributed by atoms with Gasteiger partial charge in [-0.25, -0.2) is 4.98 Å². The Balaban J connectivity index is 1.98. The van der Waals surface area contributed by atoms with E-state index in [4.69, 9.17) is 5.73 Å². The van der Waals surface area contributed by atoms with Gasteiger partial charge in [0.25, 0.3) is 0 Å². The maximum absolute atomic E-state index is 5.66. The second kappa shape index (κ2) is 5.31. The molecule has 0 spiro atoms. The number of nitrogens with zero attached hydrogens (tertiary/aromatic N) is 1. The quantitative estimate of drug-likeness (QED) is 0.824. The number of hydrogen-bond acceptors (Lipinski definition) is 3. The maximum atomic E-state index is 5.66. The van der Waals surface area contributed by atoms with E-state index in [1.807, 2.05) is 36.5 Å². The standard InChI is InChI=1S/C16H21N3/c1-16(2,3)13-6-9-15(19-11-13)18-10-12-4-7-14(17)8-5-12/h4-9,11H,10,17H2,1-3H3,(H,18,19). The van der Waals surface area contributed by atoms with E-state index in [-0.39, 0.29) is 5.41 Å². The van der Waals surface area contributed by atoms with Gasteiger partial charge < -0.3 is 11.1 Å². The second-order valence-electron chi connectivity index (χ2n) is 5.78. The largest absolute Gasteiger partial charge is 0.399 e. The number of anilines is 2. The molecule has 1 aromatic heterocycles. The van der Waals surface area contributed by atoms with Gasteiger partial charge in [-0.3, -0.25) is 0 Å². The molecule has 0 fully saturated rings. The highest BCUT2D eigenvalue weighted by molar-refractivity contribution is 5.42. The first-order chi connectivity index (χ1) is 8.95. The van der Waals surface area contributed by atoms with Crippen molar-refractivity contribution < 1.29 is 0 Å². The Morgan fingerprint density at radius 1 is 1.05 bits per heavy atom. The monoisotopic (exact) mass is 255 g/mol. The van der Waals surface area contributed by atoms with Crippen molar-refractivity contribution in [2.75, 3.05) is 11.1 Å². The minimum Gasteiger partial charge on any atom is -0.399 e. The zero-order valence-corrected chi connectivity index (χ0v) is 11.8. The highest BCUT2D eigenvalue weighted by atomic mass is 15.0. The molecule has 0 unspecified atom stereocenters. The summed E-state index contributed by atoms with van der Waals surface area (Å²) in [5.41, 5.74) is 9.02. The van der Waals surface area contributed by atoms with Crippen molar-refractivity contribution >= 4 is 11.5 Å². The molecule has 19 heavy (non-hydrogen) atoms. The summed E-state index contributed by atoms with van der Waals surface area (Å²) in [6, 6.07) is 12.0. The molecule has 100 valence electrons. The lowest BCUT2D eigenvalue weighted by Gasteiger charge is -2.18. The Morgan fingerprint density at radius 2 is 1.74 bits per heavy atom. The topological polar surface area (TPSA) is 50.9 Å². The molecular weight excluding hydrogens is 234 g/mol. The summed E-state index contributed by atoms with van der Waals surface area (Å²) in [6.45, 7) is 7.31. The third-order valence-corrected chi connectivity index (χ3v) is 3.08. The van der Waals surface area contributed by atoms with Crippen molar-refractivity contribution in [2.45, 2.75) is 32.7 Å². The predicted molar refractivity (Wildman–Crippen MR) is 81.1 cm³/mol. The van der Waals surface area contributed by atoms with Gasteiger partial charge in [-0.2, -0.15) is 0 Å². The third-order valence-electron chi connectivity index (χ3n) is 3.08. The van der Waals surface area contributed by atoms with Gasteiger partial charge in [0.1, 0.15) is 5.82 Å². The summed E-state index contributed by atoms with van der Waals surface area (Å²) < 4.78 is 0. The van der Waals surface area contributed by atoms with Crippen LogP contribution in [0.25, 0.3) is 0 Å². The number of nitrogen functional groups attached to an aromatic ring is 1. The zero-order valence-electron chi connectivity index (χ0n) is 11.8. The molecule has 0 aliphatic carbocycles. The predicted octanol–water partition coefficient (Wildman–Crippen LogP) is 3.57. The van der Waals surface area contributed by atoms with Crippen LogP contribution in [0, 0.1) is 0 Å². The lowest BCUT2D eigenvalue weighted by Crippen LogP contribution is -2.11. The second-order valence-corrected chi connectivity index (χ2v) is 5.78. The van der Waals surface area contributed by atoms with E-state index in [0.717, 1.165) is 18.1 Å². The van der Waals surface area contributed by atoms with Gasteiger partial charge in [-0.15, -0.1) is 0 Å². The van der Waals surface area contributed by atoms with Crippen LogP contribution in [0.3, 0.4) is 0 Å². The molecule has 3 N–H and O–H groups in total. The molecule has 0 bridgehead atoms. The molecule has 0 amide bonds. The van der Waals surface area contributed by atoms with Gasteiger partial charge in [0, 0.05) is 18.4 Å². The Labute approximate surface area is 114 Å².